The fourth-order valence-electron chi connectivity index (χ4n) is 7.86. The number of aliphatic hydroxyl groups is 1. The third-order valence-corrected chi connectivity index (χ3v) is 12.0. The van der Waals surface area contributed by atoms with Gasteiger partial charge < -0.3 is 29.2 Å². The molecule has 4 aromatic carbocycles. The lowest BCUT2D eigenvalue weighted by Crippen LogP contribution is -2.38. The molecule has 0 amide bonds. The Morgan fingerprint density at radius 3 is 1.94 bits per heavy atom. The quantitative estimate of drug-likeness (QED) is 0.0790. The molecule has 1 aliphatic rings. The van der Waals surface area contributed by atoms with Crippen molar-refractivity contribution in [3.8, 4) is 40.2 Å². The van der Waals surface area contributed by atoms with Crippen LogP contribution >= 0.6 is 23.2 Å². The molecule has 1 fully saturated rings. The van der Waals surface area contributed by atoms with Crippen LogP contribution in [0.25, 0.3) is 11.1 Å². The van der Waals surface area contributed by atoms with Crippen LogP contribution in [0.1, 0.15) is 68.5 Å². The van der Waals surface area contributed by atoms with Crippen molar-refractivity contribution >= 4 is 35.4 Å². The van der Waals surface area contributed by atoms with Crippen LogP contribution in [0.2, 0.25) is 10.0 Å². The number of aliphatic hydroxyl groups excluding tert-OH is 1. The average Bonchev–Trinajstić information content (AvgIpc) is 3.31. The number of ether oxygens (including phenoxy) is 4. The second kappa shape index (κ2) is 21.9. The Labute approximate surface area is 388 Å². The highest BCUT2D eigenvalue weighted by molar-refractivity contribution is 6.32. The van der Waals surface area contributed by atoms with E-state index in [0.29, 0.717) is 63.7 Å². The molecule has 0 unspecified atom stereocenters. The molecule has 0 spiro atoms. The fraction of sp³-hybridized carbons (Fsp3) is 0.275. The summed E-state index contributed by atoms with van der Waals surface area (Å²) < 4.78 is 25.2. The van der Waals surface area contributed by atoms with E-state index in [9.17, 15) is 20.3 Å². The van der Waals surface area contributed by atoms with Crippen LogP contribution in [0.15, 0.2) is 103 Å². The van der Waals surface area contributed by atoms with Crippen LogP contribution in [0, 0.1) is 31.1 Å². The summed E-state index contributed by atoms with van der Waals surface area (Å²) >= 11 is 13.6. The lowest BCUT2D eigenvalue weighted by atomic mass is 9.92. The molecule has 7 rings (SSSR count). The second-order valence-electron chi connectivity index (χ2n) is 15.9. The normalized spacial score (nSPS) is 14.0. The lowest BCUT2D eigenvalue weighted by molar-refractivity contribution is -0.143. The van der Waals surface area contributed by atoms with Crippen molar-refractivity contribution in [1.29, 1.82) is 5.26 Å². The van der Waals surface area contributed by atoms with Gasteiger partial charge in [0, 0.05) is 91.1 Å². The third kappa shape index (κ3) is 11.8. The molecule has 334 valence electrons. The van der Waals surface area contributed by atoms with Gasteiger partial charge in [-0.25, -0.2) is 0 Å². The number of nitrogens with zero attached hydrogens (tertiary/aromatic N) is 5. The molecule has 2 aromatic heterocycles. The summed E-state index contributed by atoms with van der Waals surface area (Å²) in [6.07, 6.45) is 9.73. The predicted molar refractivity (Wildman–Crippen MR) is 250 cm³/mol. The Morgan fingerprint density at radius 2 is 1.35 bits per heavy atom. The Kier molecular flexibility index (Phi) is 15.7. The Morgan fingerprint density at radius 1 is 0.785 bits per heavy atom. The number of piperidine rings is 1. The van der Waals surface area contributed by atoms with E-state index < -0.39 is 11.9 Å². The number of carboxylic acid groups (broad SMARTS) is 1. The molecule has 3 heterocycles. The molecule has 1 saturated heterocycles. The molecule has 2 N–H and O–H groups in total. The highest BCUT2D eigenvalue weighted by Crippen LogP contribution is 2.38. The van der Waals surface area contributed by atoms with Gasteiger partial charge in [0.2, 0.25) is 0 Å². The number of hydrogen-bond acceptors (Lipinski definition) is 11. The molecule has 1 atom stereocenters. The summed E-state index contributed by atoms with van der Waals surface area (Å²) in [4.78, 5) is 26.4. The molecule has 0 aliphatic carbocycles. The number of carbonyl (C=O) groups is 1. The van der Waals surface area contributed by atoms with E-state index in [1.54, 1.807) is 56.1 Å². The van der Waals surface area contributed by atoms with Gasteiger partial charge in [-0.1, -0.05) is 59.6 Å². The number of halogens is 2. The Balaban J connectivity index is 1.07. The first-order valence-corrected chi connectivity index (χ1v) is 21.9. The van der Waals surface area contributed by atoms with Crippen molar-refractivity contribution in [3.05, 3.63) is 163 Å². The predicted octanol–water partition coefficient (Wildman–Crippen LogP) is 10.1. The Hall–Kier alpha value is -6.49. The van der Waals surface area contributed by atoms with Crippen LogP contribution in [0.5, 0.6) is 23.0 Å². The summed E-state index contributed by atoms with van der Waals surface area (Å²) in [5, 5.41) is 29.9. The van der Waals surface area contributed by atoms with E-state index >= 15 is 0 Å². The van der Waals surface area contributed by atoms with Crippen molar-refractivity contribution in [2.24, 2.45) is 10.9 Å². The van der Waals surface area contributed by atoms with Crippen molar-refractivity contribution in [2.45, 2.75) is 66.3 Å². The molecule has 1 aliphatic heterocycles. The molecular weight excluding hydrogens is 865 g/mol. The molecule has 14 heteroatoms. The monoisotopic (exact) mass is 913 g/mol. The lowest BCUT2D eigenvalue weighted by Gasteiger charge is -2.31. The minimum atomic E-state index is -0.794. The maximum atomic E-state index is 11.8. The molecule has 0 saturated carbocycles. The van der Waals surface area contributed by atoms with Crippen LogP contribution < -0.4 is 18.9 Å². The maximum absolute atomic E-state index is 11.8. The number of pyridine rings is 2. The SMILES string of the molecule is CN=Cc1cncc(COc2cc(OCc3cccc(-c4cccc(COc5cc(OCc6cncc(C#N)c6)c(CN6CCC[C@H](C(=O)O)C6)cc5Cl)c4C)c3C)c(Cl)cc2CO)c1. The number of aliphatic imine (C=N–C) groups is 1. The topological polar surface area (TPSA) is 160 Å². The number of carboxylic acids is 1. The summed E-state index contributed by atoms with van der Waals surface area (Å²) in [5.74, 6) is 0.624. The first-order valence-electron chi connectivity index (χ1n) is 21.1. The van der Waals surface area contributed by atoms with Gasteiger partial charge in [-0.15, -0.1) is 0 Å². The number of hydrogen-bond donors (Lipinski definition) is 2. The van der Waals surface area contributed by atoms with Crippen LogP contribution in [-0.4, -0.2) is 57.4 Å². The minimum Gasteiger partial charge on any atom is -0.488 e. The van der Waals surface area contributed by atoms with Gasteiger partial charge in [0.25, 0.3) is 0 Å². The number of aliphatic carboxylic acids is 1. The number of aromatic nitrogens is 2. The van der Waals surface area contributed by atoms with E-state index in [2.05, 4.69) is 51.9 Å². The van der Waals surface area contributed by atoms with Gasteiger partial charge in [-0.05, 0) is 90.9 Å². The molecule has 6 aromatic rings. The number of nitriles is 1. The zero-order valence-corrected chi connectivity index (χ0v) is 37.9. The molecule has 65 heavy (non-hydrogen) atoms. The summed E-state index contributed by atoms with van der Waals surface area (Å²) in [6, 6.07) is 25.0. The van der Waals surface area contributed by atoms with Crippen LogP contribution in [0.4, 0.5) is 0 Å². The summed E-state index contributed by atoms with van der Waals surface area (Å²) in [6.45, 7) is 6.34. The summed E-state index contributed by atoms with van der Waals surface area (Å²) in [7, 11) is 1.70. The smallest absolute Gasteiger partial charge is 0.307 e. The highest BCUT2D eigenvalue weighted by atomic mass is 35.5. The van der Waals surface area contributed by atoms with Gasteiger partial charge in [-0.2, -0.15) is 5.26 Å². The number of likely N-dealkylation sites (tertiary alicyclic amines) is 1. The average molecular weight is 915 g/mol. The highest BCUT2D eigenvalue weighted by Gasteiger charge is 2.26. The summed E-state index contributed by atoms with van der Waals surface area (Å²) in [5.41, 5.74) is 10.3. The van der Waals surface area contributed by atoms with Gasteiger partial charge in [0.05, 0.1) is 28.1 Å². The first-order chi connectivity index (χ1) is 31.5. The van der Waals surface area contributed by atoms with Crippen molar-refractivity contribution in [2.75, 3.05) is 20.1 Å². The third-order valence-electron chi connectivity index (χ3n) is 11.4. The zero-order chi connectivity index (χ0) is 45.9. The molecule has 0 radical (unpaired) electrons. The maximum Gasteiger partial charge on any atom is 0.307 e. The van der Waals surface area contributed by atoms with Gasteiger partial charge in [0.1, 0.15) is 55.5 Å². The Bertz CT molecular complexity index is 2740. The molecule has 12 nitrogen and oxygen atoms in total. The fourth-order valence-corrected chi connectivity index (χ4v) is 8.34. The second-order valence-corrected chi connectivity index (χ2v) is 16.7. The van der Waals surface area contributed by atoms with Gasteiger partial charge in [0.15, 0.2) is 0 Å². The van der Waals surface area contributed by atoms with E-state index in [1.165, 1.54) is 6.20 Å². The van der Waals surface area contributed by atoms with Crippen LogP contribution in [0.3, 0.4) is 0 Å². The molecule has 0 bridgehead atoms. The largest absolute Gasteiger partial charge is 0.488 e. The zero-order valence-electron chi connectivity index (χ0n) is 36.4. The standard InChI is InChI=1S/C51H49Cl2N5O7/c1-32-39(30-64-49-17-47(62-28-36-13-34(19-54)21-56-23-36)41(15-45(49)52)26-58-12-6-9-38(25-58)51(60)61)7-4-10-43(32)44-11-5-8-40(33(44)2)31-65-50-18-48(42(27-59)16-46(50)53)63-29-37-14-35(20-55-3)22-57-24-37/h4-5,7-8,10-11,13-18,20-24,38,59H,6,9,12,25-31H2,1-3H3,(H,60,61)/t38-/m0/s1. The van der Waals surface area contributed by atoms with Crippen molar-refractivity contribution in [3.63, 3.8) is 0 Å². The van der Waals surface area contributed by atoms with Gasteiger partial charge >= 0.3 is 5.97 Å². The molecular formula is C51H49Cl2N5O7. The van der Waals surface area contributed by atoms with E-state index in [4.69, 9.17) is 42.1 Å². The van der Waals surface area contributed by atoms with E-state index in [-0.39, 0.29) is 33.0 Å². The van der Waals surface area contributed by atoms with Crippen molar-refractivity contribution < 1.29 is 34.0 Å². The minimum absolute atomic E-state index is 0.154. The van der Waals surface area contributed by atoms with E-state index in [1.807, 2.05) is 36.4 Å². The van der Waals surface area contributed by atoms with Crippen molar-refractivity contribution in [1.82, 2.24) is 14.9 Å². The first kappa shape index (κ1) is 46.5. The van der Waals surface area contributed by atoms with E-state index in [0.717, 1.165) is 68.6 Å². The number of rotatable bonds is 18. The van der Waals surface area contributed by atoms with Gasteiger partial charge in [-0.3, -0.25) is 24.7 Å². The van der Waals surface area contributed by atoms with Crippen LogP contribution in [-0.2, 0) is 44.4 Å². The number of benzene rings is 4.